The molecule has 7 heteroatoms. The SMILES string of the molecule is O=C1O[C@H](NC(=O)c2ccccc2)C(NC(=O)c2ccccc2)=C1Cl. The monoisotopic (exact) mass is 356 g/mol. The van der Waals surface area contributed by atoms with Gasteiger partial charge in [-0.25, -0.2) is 4.79 Å². The van der Waals surface area contributed by atoms with E-state index >= 15 is 0 Å². The van der Waals surface area contributed by atoms with Gasteiger partial charge < -0.3 is 15.4 Å². The van der Waals surface area contributed by atoms with Crippen LogP contribution in [0.1, 0.15) is 20.7 Å². The molecule has 3 rings (SSSR count). The Morgan fingerprint density at radius 2 is 1.40 bits per heavy atom. The number of amides is 2. The maximum absolute atomic E-state index is 12.3. The summed E-state index contributed by atoms with van der Waals surface area (Å²) in [5.74, 6) is -1.74. The van der Waals surface area contributed by atoms with Crippen LogP contribution in [-0.2, 0) is 9.53 Å². The normalized spacial score (nSPS) is 16.4. The fraction of sp³-hybridized carbons (Fsp3) is 0.0556. The Bertz CT molecular complexity index is 850. The summed E-state index contributed by atoms with van der Waals surface area (Å²) in [5, 5.41) is 4.78. The van der Waals surface area contributed by atoms with Gasteiger partial charge in [-0.3, -0.25) is 9.59 Å². The largest absolute Gasteiger partial charge is 0.431 e. The van der Waals surface area contributed by atoms with E-state index in [2.05, 4.69) is 10.6 Å². The van der Waals surface area contributed by atoms with Crippen LogP contribution in [-0.4, -0.2) is 24.0 Å². The number of carbonyl (C=O) groups excluding carboxylic acids is 3. The number of cyclic esters (lactones) is 1. The Hall–Kier alpha value is -3.12. The van der Waals surface area contributed by atoms with Gasteiger partial charge >= 0.3 is 5.97 Å². The van der Waals surface area contributed by atoms with E-state index in [1.165, 1.54) is 0 Å². The summed E-state index contributed by atoms with van der Waals surface area (Å²) in [6.07, 6.45) is -1.17. The van der Waals surface area contributed by atoms with Crippen molar-refractivity contribution in [1.82, 2.24) is 10.6 Å². The highest BCUT2D eigenvalue weighted by Crippen LogP contribution is 2.23. The van der Waals surface area contributed by atoms with Gasteiger partial charge in [-0.05, 0) is 24.3 Å². The van der Waals surface area contributed by atoms with Crippen molar-refractivity contribution in [2.24, 2.45) is 0 Å². The molecule has 0 aliphatic carbocycles. The summed E-state index contributed by atoms with van der Waals surface area (Å²) in [6.45, 7) is 0. The Morgan fingerprint density at radius 3 is 1.96 bits per heavy atom. The Labute approximate surface area is 148 Å². The van der Waals surface area contributed by atoms with Crippen LogP contribution >= 0.6 is 11.6 Å². The predicted molar refractivity (Wildman–Crippen MR) is 90.6 cm³/mol. The number of ether oxygens (including phenoxy) is 1. The van der Waals surface area contributed by atoms with Gasteiger partial charge in [0.05, 0.1) is 0 Å². The molecule has 0 bridgehead atoms. The molecule has 6 nitrogen and oxygen atoms in total. The topological polar surface area (TPSA) is 84.5 Å². The maximum atomic E-state index is 12.3. The molecule has 2 aromatic rings. The zero-order valence-corrected chi connectivity index (χ0v) is 13.6. The Balaban J connectivity index is 1.77. The average Bonchev–Trinajstić information content (AvgIpc) is 2.90. The van der Waals surface area contributed by atoms with Gasteiger partial charge in [-0.15, -0.1) is 0 Å². The first-order valence-corrected chi connectivity index (χ1v) is 7.77. The molecule has 0 saturated heterocycles. The lowest BCUT2D eigenvalue weighted by Crippen LogP contribution is -2.41. The summed E-state index contributed by atoms with van der Waals surface area (Å²) in [7, 11) is 0. The molecule has 2 N–H and O–H groups in total. The highest BCUT2D eigenvalue weighted by molar-refractivity contribution is 6.42. The molecule has 0 aromatic heterocycles. The third-order valence-corrected chi connectivity index (χ3v) is 3.84. The van der Waals surface area contributed by atoms with E-state index in [4.69, 9.17) is 16.3 Å². The zero-order valence-electron chi connectivity index (χ0n) is 12.9. The molecular formula is C18H13ClN2O4. The van der Waals surface area contributed by atoms with Crippen molar-refractivity contribution in [2.45, 2.75) is 6.23 Å². The average molecular weight is 357 g/mol. The van der Waals surface area contributed by atoms with Gasteiger partial charge in [0.15, 0.2) is 5.03 Å². The molecule has 2 aromatic carbocycles. The third kappa shape index (κ3) is 3.70. The van der Waals surface area contributed by atoms with Crippen molar-refractivity contribution < 1.29 is 19.1 Å². The minimum Gasteiger partial charge on any atom is -0.431 e. The first-order valence-electron chi connectivity index (χ1n) is 7.39. The molecule has 0 fully saturated rings. The van der Waals surface area contributed by atoms with E-state index in [9.17, 15) is 14.4 Å². The number of hydrogen-bond donors (Lipinski definition) is 2. The molecule has 1 atom stereocenters. The van der Waals surface area contributed by atoms with Gasteiger partial charge in [-0.2, -0.15) is 0 Å². The Morgan fingerprint density at radius 1 is 0.880 bits per heavy atom. The van der Waals surface area contributed by atoms with E-state index in [1.54, 1.807) is 60.7 Å². The van der Waals surface area contributed by atoms with Gasteiger partial charge in [0.1, 0.15) is 5.70 Å². The fourth-order valence-electron chi connectivity index (χ4n) is 2.24. The molecular weight excluding hydrogens is 344 g/mol. The molecule has 0 unspecified atom stereocenters. The maximum Gasteiger partial charge on any atom is 0.354 e. The lowest BCUT2D eigenvalue weighted by Gasteiger charge is -2.16. The molecule has 0 spiro atoms. The van der Waals surface area contributed by atoms with Gasteiger partial charge in [0.2, 0.25) is 6.23 Å². The van der Waals surface area contributed by atoms with Crippen molar-refractivity contribution in [3.63, 3.8) is 0 Å². The van der Waals surface area contributed by atoms with Crippen molar-refractivity contribution in [2.75, 3.05) is 0 Å². The molecule has 0 radical (unpaired) electrons. The third-order valence-electron chi connectivity index (χ3n) is 3.49. The highest BCUT2D eigenvalue weighted by atomic mass is 35.5. The summed E-state index contributed by atoms with van der Waals surface area (Å²) < 4.78 is 5.02. The number of hydrogen-bond acceptors (Lipinski definition) is 4. The molecule has 0 saturated carbocycles. The van der Waals surface area contributed by atoms with Gasteiger partial charge in [0.25, 0.3) is 11.8 Å². The molecule has 1 aliphatic heterocycles. The molecule has 2 amide bonds. The highest BCUT2D eigenvalue weighted by Gasteiger charge is 2.35. The summed E-state index contributed by atoms with van der Waals surface area (Å²) in [5.41, 5.74) is 0.770. The second-order valence-electron chi connectivity index (χ2n) is 5.17. The van der Waals surface area contributed by atoms with Gasteiger partial charge in [-0.1, -0.05) is 48.0 Å². The lowest BCUT2D eigenvalue weighted by molar-refractivity contribution is -0.139. The minimum atomic E-state index is -1.17. The zero-order chi connectivity index (χ0) is 17.8. The van der Waals surface area contributed by atoms with Crippen molar-refractivity contribution in [3.05, 3.63) is 82.5 Å². The first kappa shape index (κ1) is 16.7. The van der Waals surface area contributed by atoms with Crippen molar-refractivity contribution in [3.8, 4) is 0 Å². The first-order chi connectivity index (χ1) is 12.1. The van der Waals surface area contributed by atoms with Crippen LogP contribution in [0.3, 0.4) is 0 Å². The Kier molecular flexibility index (Phi) is 4.81. The van der Waals surface area contributed by atoms with Crippen LogP contribution in [0.15, 0.2) is 71.4 Å². The number of benzene rings is 2. The predicted octanol–water partition coefficient (Wildman–Crippen LogP) is 2.18. The van der Waals surface area contributed by atoms with Crippen molar-refractivity contribution in [1.29, 1.82) is 0 Å². The van der Waals surface area contributed by atoms with Crippen LogP contribution in [0.25, 0.3) is 0 Å². The standard InChI is InChI=1S/C18H13ClN2O4/c19-13-14(20-15(22)11-7-3-1-4-8-11)17(25-18(13)24)21-16(23)12-9-5-2-6-10-12/h1-10,17H,(H,20,22)(H,21,23)/t17-/m0/s1. The van der Waals surface area contributed by atoms with Gasteiger partial charge in [0, 0.05) is 11.1 Å². The van der Waals surface area contributed by atoms with Crippen LogP contribution < -0.4 is 10.6 Å². The number of esters is 1. The summed E-state index contributed by atoms with van der Waals surface area (Å²) in [6, 6.07) is 16.8. The smallest absolute Gasteiger partial charge is 0.354 e. The minimum absolute atomic E-state index is 0.00445. The number of halogens is 1. The molecule has 1 aliphatic rings. The van der Waals surface area contributed by atoms with E-state index in [1.807, 2.05) is 0 Å². The quantitative estimate of drug-likeness (QED) is 0.822. The van der Waals surface area contributed by atoms with E-state index in [-0.39, 0.29) is 10.7 Å². The lowest BCUT2D eigenvalue weighted by atomic mass is 10.2. The van der Waals surface area contributed by atoms with Crippen molar-refractivity contribution >= 4 is 29.4 Å². The summed E-state index contributed by atoms with van der Waals surface area (Å²) in [4.78, 5) is 36.2. The molecule has 1 heterocycles. The second kappa shape index (κ2) is 7.19. The number of nitrogens with one attached hydrogen (secondary N) is 2. The van der Waals surface area contributed by atoms with Crippen LogP contribution in [0, 0.1) is 0 Å². The van der Waals surface area contributed by atoms with E-state index in [0.717, 1.165) is 0 Å². The number of carbonyl (C=O) groups is 3. The fourth-order valence-corrected chi connectivity index (χ4v) is 2.43. The van der Waals surface area contributed by atoms with E-state index in [0.29, 0.717) is 11.1 Å². The number of rotatable bonds is 4. The second-order valence-corrected chi connectivity index (χ2v) is 5.55. The van der Waals surface area contributed by atoms with Crippen LogP contribution in [0.2, 0.25) is 0 Å². The van der Waals surface area contributed by atoms with E-state index < -0.39 is 24.0 Å². The molecule has 126 valence electrons. The van der Waals surface area contributed by atoms with Crippen LogP contribution in [0.4, 0.5) is 0 Å². The van der Waals surface area contributed by atoms with Crippen LogP contribution in [0.5, 0.6) is 0 Å². The molecule has 25 heavy (non-hydrogen) atoms. The summed E-state index contributed by atoms with van der Waals surface area (Å²) >= 11 is 5.92.